The van der Waals surface area contributed by atoms with Gasteiger partial charge in [0.15, 0.2) is 6.10 Å². The van der Waals surface area contributed by atoms with E-state index in [1.807, 2.05) is 0 Å². The van der Waals surface area contributed by atoms with Crippen LogP contribution in [-0.4, -0.2) is 36.4 Å². The van der Waals surface area contributed by atoms with Crippen molar-refractivity contribution in [3.05, 3.63) is 60.8 Å². The number of hydrogen-bond acceptors (Lipinski definition) is 5. The normalized spacial score (nSPS) is 12.8. The van der Waals surface area contributed by atoms with Crippen molar-refractivity contribution < 1.29 is 24.2 Å². The topological polar surface area (TPSA) is 72.8 Å². The highest BCUT2D eigenvalue weighted by Gasteiger charge is 2.16. The van der Waals surface area contributed by atoms with Crippen LogP contribution in [0.1, 0.15) is 181 Å². The lowest BCUT2D eigenvalue weighted by atomic mass is 10.0. The first-order valence-electron chi connectivity index (χ1n) is 19.8. The van der Waals surface area contributed by atoms with E-state index in [-0.39, 0.29) is 25.2 Å². The van der Waals surface area contributed by atoms with Crippen LogP contribution in [0.15, 0.2) is 60.8 Å². The highest BCUT2D eigenvalue weighted by atomic mass is 16.6. The third-order valence-corrected chi connectivity index (χ3v) is 8.33. The Morgan fingerprint density at radius 2 is 0.896 bits per heavy atom. The highest BCUT2D eigenvalue weighted by Crippen LogP contribution is 2.14. The first kappa shape index (κ1) is 45.6. The number of aliphatic hydroxyl groups is 1. The summed E-state index contributed by atoms with van der Waals surface area (Å²) in [7, 11) is 0. The van der Waals surface area contributed by atoms with Gasteiger partial charge in [-0.05, 0) is 57.8 Å². The van der Waals surface area contributed by atoms with Gasteiger partial charge in [-0.3, -0.25) is 9.59 Å². The molecule has 0 aliphatic heterocycles. The minimum Gasteiger partial charge on any atom is -0.462 e. The van der Waals surface area contributed by atoms with Crippen LogP contribution in [0.4, 0.5) is 0 Å². The van der Waals surface area contributed by atoms with Gasteiger partial charge in [0.1, 0.15) is 6.61 Å². The Labute approximate surface area is 296 Å². The Bertz CT molecular complexity index is 853. The summed E-state index contributed by atoms with van der Waals surface area (Å²) >= 11 is 0. The molecule has 0 rings (SSSR count). The molecule has 1 atom stereocenters. The second-order valence-electron chi connectivity index (χ2n) is 13.0. The number of carbonyl (C=O) groups is 2. The molecule has 48 heavy (non-hydrogen) atoms. The number of rotatable bonds is 35. The maximum Gasteiger partial charge on any atom is 0.306 e. The third-order valence-electron chi connectivity index (χ3n) is 8.33. The van der Waals surface area contributed by atoms with Gasteiger partial charge in [-0.2, -0.15) is 0 Å². The maximum absolute atomic E-state index is 12.1. The van der Waals surface area contributed by atoms with E-state index < -0.39 is 6.10 Å². The summed E-state index contributed by atoms with van der Waals surface area (Å²) in [6.45, 7) is 3.96. The Balaban J connectivity index is 3.52. The molecule has 0 saturated heterocycles. The van der Waals surface area contributed by atoms with Crippen LogP contribution in [0.2, 0.25) is 0 Å². The molecule has 0 radical (unpaired) electrons. The minimum absolute atomic E-state index is 0.0676. The van der Waals surface area contributed by atoms with Crippen molar-refractivity contribution in [1.82, 2.24) is 0 Å². The van der Waals surface area contributed by atoms with Gasteiger partial charge in [0, 0.05) is 12.8 Å². The second-order valence-corrected chi connectivity index (χ2v) is 13.0. The van der Waals surface area contributed by atoms with E-state index in [1.165, 1.54) is 83.5 Å². The van der Waals surface area contributed by atoms with Crippen LogP contribution >= 0.6 is 0 Å². The molecule has 0 heterocycles. The standard InChI is InChI=1S/C43H74O5/c1-3-5-7-9-11-12-13-14-15-16-17-18-19-20-21-22-23-24-25-26-27-28-29-30-32-34-36-38-43(46)48-41(39-44)40-47-42(45)37-35-33-31-10-8-6-4-2/h5,7,11-12,14-15,17-18,20-21,41,44H,3-4,6,8-10,13,16,19,22-40H2,1-2H3/b7-5-,12-11-,15-14-,18-17-,21-20-. The van der Waals surface area contributed by atoms with E-state index >= 15 is 0 Å². The van der Waals surface area contributed by atoms with Gasteiger partial charge in [-0.15, -0.1) is 0 Å². The number of allylic oxidation sites excluding steroid dienone is 10. The maximum atomic E-state index is 12.1. The minimum atomic E-state index is -0.770. The Morgan fingerprint density at radius 3 is 1.35 bits per heavy atom. The fourth-order valence-corrected chi connectivity index (χ4v) is 5.34. The van der Waals surface area contributed by atoms with Crippen molar-refractivity contribution in [3.8, 4) is 0 Å². The molecule has 0 bridgehead atoms. The summed E-state index contributed by atoms with van der Waals surface area (Å²) in [6, 6.07) is 0. The molecule has 0 spiro atoms. The molecule has 0 aromatic rings. The summed E-state index contributed by atoms with van der Waals surface area (Å²) in [6.07, 6.45) is 50.2. The highest BCUT2D eigenvalue weighted by molar-refractivity contribution is 5.70. The van der Waals surface area contributed by atoms with Gasteiger partial charge in [-0.1, -0.05) is 171 Å². The van der Waals surface area contributed by atoms with Crippen molar-refractivity contribution >= 4 is 11.9 Å². The molecule has 0 aromatic heterocycles. The van der Waals surface area contributed by atoms with E-state index in [0.717, 1.165) is 70.6 Å². The van der Waals surface area contributed by atoms with Crippen molar-refractivity contribution in [1.29, 1.82) is 0 Å². The largest absolute Gasteiger partial charge is 0.462 e. The van der Waals surface area contributed by atoms with E-state index in [2.05, 4.69) is 74.6 Å². The zero-order valence-electron chi connectivity index (χ0n) is 31.2. The lowest BCUT2D eigenvalue weighted by Crippen LogP contribution is -2.28. The molecule has 5 nitrogen and oxygen atoms in total. The first-order chi connectivity index (χ1) is 23.6. The van der Waals surface area contributed by atoms with Crippen molar-refractivity contribution in [2.45, 2.75) is 187 Å². The van der Waals surface area contributed by atoms with Crippen LogP contribution in [0.5, 0.6) is 0 Å². The second kappa shape index (κ2) is 39.0. The monoisotopic (exact) mass is 671 g/mol. The van der Waals surface area contributed by atoms with Gasteiger partial charge in [0.05, 0.1) is 6.61 Å². The quantitative estimate of drug-likeness (QED) is 0.0413. The third kappa shape index (κ3) is 36.4. The van der Waals surface area contributed by atoms with Gasteiger partial charge in [0.2, 0.25) is 0 Å². The predicted molar refractivity (Wildman–Crippen MR) is 205 cm³/mol. The average molecular weight is 671 g/mol. The fourth-order valence-electron chi connectivity index (χ4n) is 5.34. The Hall–Kier alpha value is -2.40. The van der Waals surface area contributed by atoms with Crippen LogP contribution in [0, 0.1) is 0 Å². The number of unbranched alkanes of at least 4 members (excludes halogenated alkanes) is 17. The van der Waals surface area contributed by atoms with E-state index in [0.29, 0.717) is 12.8 Å². The van der Waals surface area contributed by atoms with Crippen molar-refractivity contribution in [2.24, 2.45) is 0 Å². The smallest absolute Gasteiger partial charge is 0.306 e. The summed E-state index contributed by atoms with van der Waals surface area (Å²) in [5, 5.41) is 9.50. The number of aliphatic hydroxyl groups excluding tert-OH is 1. The van der Waals surface area contributed by atoms with Crippen LogP contribution in [0.3, 0.4) is 0 Å². The molecular formula is C43H74O5. The number of carbonyl (C=O) groups excluding carboxylic acids is 2. The number of ether oxygens (including phenoxy) is 2. The fraction of sp³-hybridized carbons (Fsp3) is 0.721. The lowest BCUT2D eigenvalue weighted by molar-refractivity contribution is -0.161. The van der Waals surface area contributed by atoms with Crippen LogP contribution in [-0.2, 0) is 19.1 Å². The van der Waals surface area contributed by atoms with E-state index in [1.54, 1.807) is 0 Å². The van der Waals surface area contributed by atoms with Crippen molar-refractivity contribution in [3.63, 3.8) is 0 Å². The van der Waals surface area contributed by atoms with Gasteiger partial charge in [-0.25, -0.2) is 0 Å². The number of hydrogen-bond donors (Lipinski definition) is 1. The van der Waals surface area contributed by atoms with Gasteiger partial charge in [0.25, 0.3) is 0 Å². The zero-order valence-corrected chi connectivity index (χ0v) is 31.2. The van der Waals surface area contributed by atoms with E-state index in [4.69, 9.17) is 9.47 Å². The molecular weight excluding hydrogens is 596 g/mol. The zero-order chi connectivity index (χ0) is 35.0. The lowest BCUT2D eigenvalue weighted by Gasteiger charge is -2.15. The Kier molecular flexibility index (Phi) is 37.1. The molecule has 0 aliphatic carbocycles. The number of esters is 2. The van der Waals surface area contributed by atoms with Crippen LogP contribution in [0.25, 0.3) is 0 Å². The van der Waals surface area contributed by atoms with Gasteiger partial charge < -0.3 is 14.6 Å². The Morgan fingerprint density at radius 1 is 0.500 bits per heavy atom. The van der Waals surface area contributed by atoms with Gasteiger partial charge >= 0.3 is 11.9 Å². The predicted octanol–water partition coefficient (Wildman–Crippen LogP) is 12.4. The molecule has 0 saturated carbocycles. The molecule has 276 valence electrons. The molecule has 0 aliphatic rings. The molecule has 0 amide bonds. The summed E-state index contributed by atoms with van der Waals surface area (Å²) < 4.78 is 10.5. The van der Waals surface area contributed by atoms with E-state index in [9.17, 15) is 14.7 Å². The SMILES string of the molecule is CC/C=C\C/C=C\C/C=C\C/C=C\C/C=C\CCCCCCCCCCCCCC(=O)OC(CO)COC(=O)CCCCCCCCC. The summed E-state index contributed by atoms with van der Waals surface area (Å²) in [4.78, 5) is 24.1. The molecule has 0 aromatic carbocycles. The van der Waals surface area contributed by atoms with Crippen LogP contribution < -0.4 is 0 Å². The molecule has 1 unspecified atom stereocenters. The van der Waals surface area contributed by atoms with Crippen molar-refractivity contribution in [2.75, 3.05) is 13.2 Å². The first-order valence-corrected chi connectivity index (χ1v) is 19.8. The summed E-state index contributed by atoms with van der Waals surface area (Å²) in [5.41, 5.74) is 0. The average Bonchev–Trinajstić information content (AvgIpc) is 3.09. The molecule has 1 N–H and O–H groups in total. The molecule has 5 heteroatoms. The summed E-state index contributed by atoms with van der Waals surface area (Å²) in [5.74, 6) is -0.603. The molecule has 0 fully saturated rings.